The van der Waals surface area contributed by atoms with Gasteiger partial charge in [-0.15, -0.1) is 13.2 Å². The second-order valence-electron chi connectivity index (χ2n) is 15.4. The smallest absolute Gasteiger partial charge is 0.186 e. The predicted octanol–water partition coefficient (Wildman–Crippen LogP) is 11.0. The second-order valence-corrected chi connectivity index (χ2v) is 16.2. The fourth-order valence-electron chi connectivity index (χ4n) is 8.38. The summed E-state index contributed by atoms with van der Waals surface area (Å²) in [5, 5.41) is 2.16. The molecule has 0 spiro atoms. The molecule has 4 aromatic heterocycles. The highest BCUT2D eigenvalue weighted by Crippen LogP contribution is 2.53. The Labute approximate surface area is 347 Å². The summed E-state index contributed by atoms with van der Waals surface area (Å²) in [6.45, 7) is 11.8. The number of halogens is 2. The number of rotatable bonds is 14. The summed E-state index contributed by atoms with van der Waals surface area (Å²) in [6.07, 6.45) is 2.12. The molecule has 11 heteroatoms. The Morgan fingerprint density at radius 3 is 1.31 bits per heavy atom. The number of aromatic nitrogens is 4. The van der Waals surface area contributed by atoms with E-state index >= 15 is 4.79 Å². The van der Waals surface area contributed by atoms with Gasteiger partial charge in [0.25, 0.3) is 0 Å². The van der Waals surface area contributed by atoms with Gasteiger partial charge >= 0.3 is 0 Å². The van der Waals surface area contributed by atoms with Gasteiger partial charge in [-0.1, -0.05) is 82.9 Å². The molecule has 0 radical (unpaired) electrons. The molecule has 0 N–H and O–H groups in total. The van der Waals surface area contributed by atoms with E-state index in [-0.39, 0.29) is 30.2 Å². The Hall–Kier alpha value is -5.77. The van der Waals surface area contributed by atoms with Crippen molar-refractivity contribution in [3.8, 4) is 0 Å². The first kappa shape index (κ1) is 39.1. The van der Waals surface area contributed by atoms with Gasteiger partial charge in [-0.3, -0.25) is 14.4 Å². The van der Waals surface area contributed by atoms with Crippen LogP contribution in [0.4, 0.5) is 11.6 Å². The molecule has 0 bridgehead atoms. The van der Waals surface area contributed by atoms with Crippen LogP contribution in [0.5, 0.6) is 0 Å². The number of pyridine rings is 4. The van der Waals surface area contributed by atoms with Crippen LogP contribution in [0.2, 0.25) is 10.3 Å². The first-order valence-electron chi connectivity index (χ1n) is 19.4. The molecule has 6 heterocycles. The minimum Gasteiger partial charge on any atom is -0.335 e. The predicted molar refractivity (Wildman–Crippen MR) is 230 cm³/mol. The van der Waals surface area contributed by atoms with Crippen LogP contribution < -0.4 is 9.80 Å². The van der Waals surface area contributed by atoms with Gasteiger partial charge in [-0.25, -0.2) is 19.9 Å². The zero-order chi connectivity index (χ0) is 40.7. The molecule has 4 atom stereocenters. The maximum Gasteiger partial charge on any atom is 0.186 e. The molecule has 2 aromatic carbocycles. The Kier molecular flexibility index (Phi) is 10.9. The van der Waals surface area contributed by atoms with Crippen LogP contribution in [0.15, 0.2) is 121 Å². The summed E-state index contributed by atoms with van der Waals surface area (Å²) in [6, 6.07) is 27.5. The highest BCUT2D eigenvalue weighted by molar-refractivity contribution is 6.30. The van der Waals surface area contributed by atoms with E-state index in [9.17, 15) is 9.59 Å². The minimum absolute atomic E-state index is 0.0514. The third kappa shape index (κ3) is 7.64. The van der Waals surface area contributed by atoms with Gasteiger partial charge in [0.05, 0.1) is 12.1 Å². The van der Waals surface area contributed by atoms with E-state index in [1.54, 1.807) is 12.1 Å². The average molecular weight is 810 g/mol. The van der Waals surface area contributed by atoms with Crippen LogP contribution in [0.3, 0.4) is 0 Å². The van der Waals surface area contributed by atoms with Crippen molar-refractivity contribution in [1.29, 1.82) is 0 Å². The third-order valence-electron chi connectivity index (χ3n) is 11.1. The van der Waals surface area contributed by atoms with Crippen molar-refractivity contribution in [3.05, 3.63) is 154 Å². The van der Waals surface area contributed by atoms with Crippen molar-refractivity contribution in [3.63, 3.8) is 0 Å². The standard InChI is InChI=1S/C47H42Cl2N6O3/c1-27(2)13-19-31(56)25-37-33-9-5-7-11-35(33)43(54(37)41-23-17-29-15-21-39(48)50-46(29)52-41)45(58)44-36-12-8-6-10-34(36)38(26-32(57)20-14-28(3)4)55(44)42-24-18-30-16-22-40(49)51-47(30)53-42/h5-12,15-18,21-24,37-38,43-44H,1,3,13-14,19-20,25-26H2,2,4H3. The number of anilines is 2. The van der Waals surface area contributed by atoms with Crippen LogP contribution in [0.1, 0.15) is 98.8 Å². The van der Waals surface area contributed by atoms with E-state index in [1.165, 1.54) is 0 Å². The number of Topliss-reactive ketones (excluding diaryl/α,β-unsaturated/α-hetero) is 3. The van der Waals surface area contributed by atoms with Crippen molar-refractivity contribution in [2.45, 2.75) is 76.5 Å². The summed E-state index contributed by atoms with van der Waals surface area (Å²) in [4.78, 5) is 66.6. The summed E-state index contributed by atoms with van der Waals surface area (Å²) < 4.78 is 0. The summed E-state index contributed by atoms with van der Waals surface area (Å²) in [5.41, 5.74) is 6.01. The van der Waals surface area contributed by atoms with Gasteiger partial charge in [-0.2, -0.15) is 0 Å². The second kappa shape index (κ2) is 16.2. The van der Waals surface area contributed by atoms with Crippen LogP contribution in [0.25, 0.3) is 22.1 Å². The van der Waals surface area contributed by atoms with Crippen LogP contribution in [-0.4, -0.2) is 37.3 Å². The Morgan fingerprint density at radius 2 is 0.914 bits per heavy atom. The van der Waals surface area contributed by atoms with Crippen LogP contribution in [0, 0.1) is 0 Å². The summed E-state index contributed by atoms with van der Waals surface area (Å²) >= 11 is 12.7. The number of hydrogen-bond donors (Lipinski definition) is 0. The lowest BCUT2D eigenvalue weighted by Gasteiger charge is -2.36. The molecule has 0 fully saturated rings. The summed E-state index contributed by atoms with van der Waals surface area (Å²) in [5.74, 6) is 0.921. The molecule has 58 heavy (non-hydrogen) atoms. The van der Waals surface area contributed by atoms with Crippen molar-refractivity contribution in [1.82, 2.24) is 19.9 Å². The fraction of sp³-hybridized carbons (Fsp3) is 0.255. The topological polar surface area (TPSA) is 109 Å². The molecular weight excluding hydrogens is 767 g/mol. The molecule has 6 aromatic rings. The summed E-state index contributed by atoms with van der Waals surface area (Å²) in [7, 11) is 0. The quantitative estimate of drug-likeness (QED) is 0.0784. The number of hydrogen-bond acceptors (Lipinski definition) is 9. The molecule has 2 aliphatic rings. The highest BCUT2D eigenvalue weighted by atomic mass is 35.5. The van der Waals surface area contributed by atoms with Gasteiger partial charge in [0.15, 0.2) is 17.1 Å². The molecule has 292 valence electrons. The first-order valence-corrected chi connectivity index (χ1v) is 20.2. The van der Waals surface area contributed by atoms with Crippen molar-refractivity contribution < 1.29 is 14.4 Å². The van der Waals surface area contributed by atoms with E-state index in [0.29, 0.717) is 58.9 Å². The number of allylic oxidation sites excluding steroid dienone is 2. The van der Waals surface area contributed by atoms with E-state index in [2.05, 4.69) is 23.1 Å². The molecular formula is C47H42Cl2N6O3. The average Bonchev–Trinajstić information content (AvgIpc) is 3.71. The number of carbonyl (C=O) groups is 3. The zero-order valence-electron chi connectivity index (χ0n) is 32.4. The molecule has 0 saturated carbocycles. The number of carbonyl (C=O) groups excluding carboxylic acids is 3. The lowest BCUT2D eigenvalue weighted by atomic mass is 9.92. The number of fused-ring (bicyclic) bond motifs is 4. The molecule has 4 unspecified atom stereocenters. The van der Waals surface area contributed by atoms with E-state index in [0.717, 1.165) is 44.2 Å². The van der Waals surface area contributed by atoms with Crippen LogP contribution in [-0.2, 0) is 14.4 Å². The van der Waals surface area contributed by atoms with Gasteiger partial charge in [0, 0.05) is 36.5 Å². The minimum atomic E-state index is -0.884. The number of ketones is 3. The molecule has 8 rings (SSSR count). The van der Waals surface area contributed by atoms with Gasteiger partial charge in [-0.05, 0) is 97.5 Å². The monoisotopic (exact) mass is 808 g/mol. The van der Waals surface area contributed by atoms with E-state index in [1.807, 2.05) is 109 Å². The molecule has 0 saturated heterocycles. The number of benzene rings is 2. The van der Waals surface area contributed by atoms with E-state index < -0.39 is 24.2 Å². The highest BCUT2D eigenvalue weighted by Gasteiger charge is 2.51. The Balaban J connectivity index is 1.30. The Bertz CT molecular complexity index is 2470. The molecule has 9 nitrogen and oxygen atoms in total. The normalized spacial score (nSPS) is 18.3. The fourth-order valence-corrected chi connectivity index (χ4v) is 8.66. The zero-order valence-corrected chi connectivity index (χ0v) is 33.9. The van der Waals surface area contributed by atoms with Crippen LogP contribution >= 0.6 is 23.2 Å². The maximum atomic E-state index is 16.1. The lowest BCUT2D eigenvalue weighted by Crippen LogP contribution is -2.40. The van der Waals surface area contributed by atoms with Crippen molar-refractivity contribution >= 4 is 74.3 Å². The first-order chi connectivity index (χ1) is 28.0. The number of nitrogens with zero attached hydrogens (tertiary/aromatic N) is 6. The van der Waals surface area contributed by atoms with Crippen molar-refractivity contribution in [2.24, 2.45) is 0 Å². The van der Waals surface area contributed by atoms with Crippen molar-refractivity contribution in [2.75, 3.05) is 9.80 Å². The molecule has 0 aliphatic carbocycles. The largest absolute Gasteiger partial charge is 0.335 e. The van der Waals surface area contributed by atoms with Gasteiger partial charge in [0.1, 0.15) is 45.6 Å². The van der Waals surface area contributed by atoms with Gasteiger partial charge in [0.2, 0.25) is 0 Å². The van der Waals surface area contributed by atoms with E-state index in [4.69, 9.17) is 33.2 Å². The molecule has 0 amide bonds. The molecule has 2 aliphatic heterocycles. The maximum absolute atomic E-state index is 16.1. The Morgan fingerprint density at radius 1 is 0.534 bits per heavy atom. The third-order valence-corrected chi connectivity index (χ3v) is 11.5. The SMILES string of the molecule is C=C(C)CCC(=O)CC1c2ccccc2C(C(=O)C2c3ccccc3C(CC(=O)CCC(=C)C)N2c2ccc3ccc(Cl)nc3n2)N1c1ccc2ccc(Cl)nc2n1. The lowest BCUT2D eigenvalue weighted by molar-refractivity contribution is -0.123. The van der Waals surface area contributed by atoms with Gasteiger partial charge < -0.3 is 9.80 Å².